The largest absolute Gasteiger partial charge is 0.416 e. The first-order valence-electron chi connectivity index (χ1n) is 6.57. The van der Waals surface area contributed by atoms with Gasteiger partial charge in [-0.2, -0.15) is 13.2 Å². The summed E-state index contributed by atoms with van der Waals surface area (Å²) in [7, 11) is 0. The molecule has 0 unspecified atom stereocenters. The third kappa shape index (κ3) is 5.20. The van der Waals surface area contributed by atoms with Crippen molar-refractivity contribution in [3.63, 3.8) is 0 Å². The van der Waals surface area contributed by atoms with Crippen molar-refractivity contribution in [3.8, 4) is 0 Å². The average Bonchev–Trinajstić information content (AvgIpc) is 2.40. The SMILES string of the molecule is CCN.FC(F)(F)c1cccc(C2CCNCC2)c1. The highest BCUT2D eigenvalue weighted by Gasteiger charge is 2.31. The van der Waals surface area contributed by atoms with Gasteiger partial charge >= 0.3 is 6.18 Å². The minimum Gasteiger partial charge on any atom is -0.331 e. The topological polar surface area (TPSA) is 38.0 Å². The Labute approximate surface area is 112 Å². The molecule has 0 saturated carbocycles. The Morgan fingerprint density at radius 2 is 1.84 bits per heavy atom. The Kier molecular flexibility index (Phi) is 6.31. The lowest BCUT2D eigenvalue weighted by Gasteiger charge is -2.23. The van der Waals surface area contributed by atoms with E-state index in [4.69, 9.17) is 5.73 Å². The van der Waals surface area contributed by atoms with Crippen molar-refractivity contribution in [3.05, 3.63) is 35.4 Å². The van der Waals surface area contributed by atoms with Gasteiger partial charge in [-0.15, -0.1) is 0 Å². The maximum absolute atomic E-state index is 12.5. The maximum Gasteiger partial charge on any atom is 0.416 e. The lowest BCUT2D eigenvalue weighted by molar-refractivity contribution is -0.137. The lowest BCUT2D eigenvalue weighted by atomic mass is 9.89. The second-order valence-corrected chi connectivity index (χ2v) is 4.56. The van der Waals surface area contributed by atoms with E-state index in [0.29, 0.717) is 0 Å². The highest BCUT2D eigenvalue weighted by atomic mass is 19.4. The Balaban J connectivity index is 0.000000550. The van der Waals surface area contributed by atoms with Crippen LogP contribution in [0, 0.1) is 0 Å². The molecule has 0 aromatic heterocycles. The molecule has 1 aromatic carbocycles. The normalized spacial score (nSPS) is 16.7. The zero-order valence-corrected chi connectivity index (χ0v) is 11.1. The fourth-order valence-electron chi connectivity index (χ4n) is 2.12. The Bertz CT molecular complexity index is 371. The molecule has 3 N–H and O–H groups in total. The summed E-state index contributed by atoms with van der Waals surface area (Å²) in [6.07, 6.45) is -2.40. The molecule has 0 amide bonds. The van der Waals surface area contributed by atoms with Gasteiger partial charge in [0.05, 0.1) is 5.56 Å². The second-order valence-electron chi connectivity index (χ2n) is 4.56. The molecule has 5 heteroatoms. The first-order chi connectivity index (χ1) is 8.99. The second kappa shape index (κ2) is 7.50. The number of alkyl halides is 3. The van der Waals surface area contributed by atoms with E-state index in [1.807, 2.05) is 6.92 Å². The Morgan fingerprint density at radius 1 is 1.26 bits per heavy atom. The van der Waals surface area contributed by atoms with Crippen LogP contribution >= 0.6 is 0 Å². The first kappa shape index (κ1) is 16.0. The van der Waals surface area contributed by atoms with Crippen LogP contribution in [-0.2, 0) is 6.18 Å². The first-order valence-corrected chi connectivity index (χ1v) is 6.57. The van der Waals surface area contributed by atoms with E-state index in [9.17, 15) is 13.2 Å². The van der Waals surface area contributed by atoms with Gasteiger partial charge in [-0.1, -0.05) is 25.1 Å². The number of nitrogens with one attached hydrogen (secondary N) is 1. The maximum atomic E-state index is 12.5. The van der Waals surface area contributed by atoms with Crippen LogP contribution in [0.5, 0.6) is 0 Å². The van der Waals surface area contributed by atoms with Gasteiger partial charge in [0.15, 0.2) is 0 Å². The molecule has 19 heavy (non-hydrogen) atoms. The lowest BCUT2D eigenvalue weighted by Crippen LogP contribution is -2.26. The Hall–Kier alpha value is -1.07. The van der Waals surface area contributed by atoms with Gasteiger partial charge in [0.25, 0.3) is 0 Å². The van der Waals surface area contributed by atoms with Crippen LogP contribution in [0.25, 0.3) is 0 Å². The van der Waals surface area contributed by atoms with Gasteiger partial charge in [-0.25, -0.2) is 0 Å². The molecule has 2 nitrogen and oxygen atoms in total. The van der Waals surface area contributed by atoms with Crippen molar-refractivity contribution in [2.75, 3.05) is 19.6 Å². The van der Waals surface area contributed by atoms with E-state index in [2.05, 4.69) is 5.32 Å². The van der Waals surface area contributed by atoms with Crippen LogP contribution in [0.1, 0.15) is 36.8 Å². The summed E-state index contributed by atoms with van der Waals surface area (Å²) < 4.78 is 37.6. The van der Waals surface area contributed by atoms with Crippen LogP contribution in [0.3, 0.4) is 0 Å². The molecule has 1 heterocycles. The number of hydrogen-bond donors (Lipinski definition) is 2. The molecule has 0 atom stereocenters. The predicted molar refractivity (Wildman–Crippen MR) is 71.0 cm³/mol. The quantitative estimate of drug-likeness (QED) is 0.825. The Morgan fingerprint density at radius 3 is 2.37 bits per heavy atom. The zero-order chi connectivity index (χ0) is 14.3. The van der Waals surface area contributed by atoms with E-state index in [0.717, 1.165) is 44.1 Å². The van der Waals surface area contributed by atoms with Crippen LogP contribution in [0.4, 0.5) is 13.2 Å². The number of piperidine rings is 1. The summed E-state index contributed by atoms with van der Waals surface area (Å²) in [6, 6.07) is 5.71. The molecule has 1 aliphatic rings. The van der Waals surface area contributed by atoms with Gasteiger partial charge in [0.2, 0.25) is 0 Å². The van der Waals surface area contributed by atoms with Crippen molar-refractivity contribution in [2.45, 2.75) is 31.9 Å². The smallest absolute Gasteiger partial charge is 0.331 e. The monoisotopic (exact) mass is 274 g/mol. The molecule has 0 aliphatic carbocycles. The third-order valence-electron chi connectivity index (χ3n) is 3.02. The van der Waals surface area contributed by atoms with Gasteiger partial charge in [-0.05, 0) is 50.0 Å². The van der Waals surface area contributed by atoms with Gasteiger partial charge in [0.1, 0.15) is 0 Å². The molecule has 0 spiro atoms. The summed E-state index contributed by atoms with van der Waals surface area (Å²) in [6.45, 7) is 4.43. The predicted octanol–water partition coefficient (Wildman–Crippen LogP) is 3.14. The van der Waals surface area contributed by atoms with Gasteiger partial charge < -0.3 is 11.1 Å². The van der Waals surface area contributed by atoms with Crippen molar-refractivity contribution in [2.24, 2.45) is 5.73 Å². The van der Waals surface area contributed by atoms with Crippen molar-refractivity contribution in [1.29, 1.82) is 0 Å². The highest BCUT2D eigenvalue weighted by molar-refractivity contribution is 5.28. The number of rotatable bonds is 1. The van der Waals surface area contributed by atoms with Gasteiger partial charge in [-0.3, -0.25) is 0 Å². The molecule has 108 valence electrons. The summed E-state index contributed by atoms with van der Waals surface area (Å²) in [5.74, 6) is 0.267. The fraction of sp³-hybridized carbons (Fsp3) is 0.571. The van der Waals surface area contributed by atoms with E-state index < -0.39 is 11.7 Å². The molecule has 2 rings (SSSR count). The third-order valence-corrected chi connectivity index (χ3v) is 3.02. The van der Waals surface area contributed by atoms with Crippen LogP contribution in [-0.4, -0.2) is 19.6 Å². The average molecular weight is 274 g/mol. The zero-order valence-electron chi connectivity index (χ0n) is 11.1. The summed E-state index contributed by atoms with van der Waals surface area (Å²) >= 11 is 0. The minimum atomic E-state index is -4.23. The van der Waals surface area contributed by atoms with E-state index in [1.54, 1.807) is 6.07 Å². The van der Waals surface area contributed by atoms with Crippen LogP contribution in [0.2, 0.25) is 0 Å². The number of benzene rings is 1. The molecule has 1 aliphatic heterocycles. The van der Waals surface area contributed by atoms with Crippen LogP contribution in [0.15, 0.2) is 24.3 Å². The van der Waals surface area contributed by atoms with Crippen molar-refractivity contribution >= 4 is 0 Å². The minimum absolute atomic E-state index is 0.267. The van der Waals surface area contributed by atoms with E-state index in [1.165, 1.54) is 12.1 Å². The van der Waals surface area contributed by atoms with E-state index >= 15 is 0 Å². The molecule has 0 radical (unpaired) electrons. The molecular weight excluding hydrogens is 253 g/mol. The number of hydrogen-bond acceptors (Lipinski definition) is 2. The molecule has 0 bridgehead atoms. The van der Waals surface area contributed by atoms with Crippen molar-refractivity contribution in [1.82, 2.24) is 5.32 Å². The summed E-state index contributed by atoms with van der Waals surface area (Å²) in [5, 5.41) is 3.21. The molecule has 1 fully saturated rings. The summed E-state index contributed by atoms with van der Waals surface area (Å²) in [5.41, 5.74) is 5.12. The van der Waals surface area contributed by atoms with E-state index in [-0.39, 0.29) is 5.92 Å². The molecular formula is C14H21F3N2. The standard InChI is InChI=1S/C12H14F3N.C2H7N/c13-12(14,15)11-3-1-2-10(8-11)9-4-6-16-7-5-9;1-2-3/h1-3,8-9,16H,4-7H2;2-3H2,1H3. The number of nitrogens with two attached hydrogens (primary N) is 1. The molecule has 1 saturated heterocycles. The highest BCUT2D eigenvalue weighted by Crippen LogP contribution is 2.33. The van der Waals surface area contributed by atoms with Gasteiger partial charge in [0, 0.05) is 0 Å². The number of halogens is 3. The van der Waals surface area contributed by atoms with Crippen LogP contribution < -0.4 is 11.1 Å². The fourth-order valence-corrected chi connectivity index (χ4v) is 2.12. The molecule has 1 aromatic rings. The summed E-state index contributed by atoms with van der Waals surface area (Å²) in [4.78, 5) is 0. The van der Waals surface area contributed by atoms with Crippen molar-refractivity contribution < 1.29 is 13.2 Å².